The van der Waals surface area contributed by atoms with Gasteiger partial charge in [-0.25, -0.2) is 0 Å². The standard InChI is InChI=1S/C23H28ClN3O3S/c1-14-9-11-27(12-10-14)21(29)17-6-5-16(13-15(17)2)25-22(30)23(3,4)26-20(28)18-7-8-19(24)31-18/h5-8,13-14H,9-12H2,1-4H3,(H,25,30)(H,26,28). The first-order chi connectivity index (χ1) is 14.6. The molecular formula is C23H28ClN3O3S. The van der Waals surface area contributed by atoms with E-state index in [9.17, 15) is 14.4 Å². The summed E-state index contributed by atoms with van der Waals surface area (Å²) < 4.78 is 0.511. The second-order valence-corrected chi connectivity index (χ2v) is 10.4. The molecule has 3 amide bonds. The largest absolute Gasteiger partial charge is 0.339 e. The lowest BCUT2D eigenvalue weighted by Gasteiger charge is -2.30. The van der Waals surface area contributed by atoms with Gasteiger partial charge < -0.3 is 15.5 Å². The van der Waals surface area contributed by atoms with Gasteiger partial charge in [0.15, 0.2) is 0 Å². The summed E-state index contributed by atoms with van der Waals surface area (Å²) in [6.45, 7) is 8.91. The van der Waals surface area contributed by atoms with Crippen LogP contribution < -0.4 is 10.6 Å². The van der Waals surface area contributed by atoms with Crippen molar-refractivity contribution in [3.63, 3.8) is 0 Å². The van der Waals surface area contributed by atoms with E-state index in [2.05, 4.69) is 17.6 Å². The Hall–Kier alpha value is -2.38. The van der Waals surface area contributed by atoms with E-state index in [1.54, 1.807) is 44.2 Å². The van der Waals surface area contributed by atoms with Crippen LogP contribution in [0.2, 0.25) is 4.34 Å². The average Bonchev–Trinajstić information content (AvgIpc) is 3.14. The molecule has 1 fully saturated rings. The molecule has 0 atom stereocenters. The fourth-order valence-electron chi connectivity index (χ4n) is 3.49. The minimum atomic E-state index is -1.14. The van der Waals surface area contributed by atoms with Gasteiger partial charge in [0.1, 0.15) is 5.54 Å². The molecule has 0 unspecified atom stereocenters. The first kappa shape index (κ1) is 23.3. The van der Waals surface area contributed by atoms with E-state index < -0.39 is 5.54 Å². The third-order valence-corrected chi connectivity index (χ3v) is 6.81. The number of halogens is 1. The first-order valence-corrected chi connectivity index (χ1v) is 11.6. The second kappa shape index (κ2) is 9.40. The number of carbonyl (C=O) groups is 3. The maximum Gasteiger partial charge on any atom is 0.262 e. The number of hydrogen-bond acceptors (Lipinski definition) is 4. The lowest BCUT2D eigenvalue weighted by atomic mass is 9.98. The molecular weight excluding hydrogens is 434 g/mol. The summed E-state index contributed by atoms with van der Waals surface area (Å²) in [7, 11) is 0. The number of hydrogen-bond donors (Lipinski definition) is 2. The van der Waals surface area contributed by atoms with Crippen molar-refractivity contribution in [2.24, 2.45) is 5.92 Å². The molecule has 1 saturated heterocycles. The SMILES string of the molecule is Cc1cc(NC(=O)C(C)(C)NC(=O)c2ccc(Cl)s2)ccc1C(=O)N1CCC(C)CC1. The van der Waals surface area contributed by atoms with Crippen LogP contribution in [0.4, 0.5) is 5.69 Å². The molecule has 31 heavy (non-hydrogen) atoms. The minimum absolute atomic E-state index is 0.0319. The molecule has 1 aliphatic rings. The van der Waals surface area contributed by atoms with E-state index in [1.807, 2.05) is 11.8 Å². The van der Waals surface area contributed by atoms with Crippen molar-refractivity contribution in [2.45, 2.75) is 46.1 Å². The Bertz CT molecular complexity index is 994. The number of likely N-dealkylation sites (tertiary alicyclic amines) is 1. The summed E-state index contributed by atoms with van der Waals surface area (Å²) in [5.41, 5.74) is 0.888. The van der Waals surface area contributed by atoms with Crippen molar-refractivity contribution in [3.05, 3.63) is 50.7 Å². The zero-order valence-corrected chi connectivity index (χ0v) is 19.8. The summed E-state index contributed by atoms with van der Waals surface area (Å²) in [4.78, 5) is 40.4. The van der Waals surface area contributed by atoms with Crippen LogP contribution in [0.3, 0.4) is 0 Å². The molecule has 0 spiro atoms. The van der Waals surface area contributed by atoms with E-state index in [1.165, 1.54) is 0 Å². The quantitative estimate of drug-likeness (QED) is 0.675. The molecule has 1 aromatic carbocycles. The van der Waals surface area contributed by atoms with Gasteiger partial charge in [0.05, 0.1) is 9.21 Å². The number of carbonyl (C=O) groups excluding carboxylic acids is 3. The summed E-state index contributed by atoms with van der Waals surface area (Å²) in [5.74, 6) is -0.0233. The topological polar surface area (TPSA) is 78.5 Å². The Balaban J connectivity index is 1.65. The van der Waals surface area contributed by atoms with Gasteiger partial charge in [0.25, 0.3) is 11.8 Å². The second-order valence-electron chi connectivity index (χ2n) is 8.64. The first-order valence-electron chi connectivity index (χ1n) is 10.4. The van der Waals surface area contributed by atoms with E-state index in [4.69, 9.17) is 11.6 Å². The zero-order chi connectivity index (χ0) is 22.8. The van der Waals surface area contributed by atoms with Gasteiger partial charge in [-0.2, -0.15) is 0 Å². The molecule has 1 aliphatic heterocycles. The number of nitrogens with one attached hydrogen (secondary N) is 2. The van der Waals surface area contributed by atoms with Gasteiger partial charge in [-0.3, -0.25) is 14.4 Å². The van der Waals surface area contributed by atoms with Crippen LogP contribution in [0, 0.1) is 12.8 Å². The number of thiophene rings is 1. The highest BCUT2D eigenvalue weighted by Crippen LogP contribution is 2.24. The van der Waals surface area contributed by atoms with E-state index in [-0.39, 0.29) is 17.7 Å². The van der Waals surface area contributed by atoms with Crippen LogP contribution >= 0.6 is 22.9 Å². The molecule has 3 rings (SSSR count). The average molecular weight is 462 g/mol. The maximum atomic E-state index is 12.9. The molecule has 1 aromatic heterocycles. The number of rotatable bonds is 5. The Morgan fingerprint density at radius 1 is 1.13 bits per heavy atom. The number of benzene rings is 1. The van der Waals surface area contributed by atoms with Crippen LogP contribution in [0.15, 0.2) is 30.3 Å². The van der Waals surface area contributed by atoms with Gasteiger partial charge >= 0.3 is 0 Å². The highest BCUT2D eigenvalue weighted by molar-refractivity contribution is 7.18. The molecule has 0 aliphatic carbocycles. The highest BCUT2D eigenvalue weighted by Gasteiger charge is 2.30. The van der Waals surface area contributed by atoms with Crippen molar-refractivity contribution < 1.29 is 14.4 Å². The van der Waals surface area contributed by atoms with E-state index in [0.717, 1.165) is 42.8 Å². The van der Waals surface area contributed by atoms with Crippen molar-refractivity contribution in [1.29, 1.82) is 0 Å². The van der Waals surface area contributed by atoms with Crippen LogP contribution in [0.1, 0.15) is 59.2 Å². The number of aryl methyl sites for hydroxylation is 1. The number of anilines is 1. The summed E-state index contributed by atoms with van der Waals surface area (Å²) in [6.07, 6.45) is 2.05. The van der Waals surface area contributed by atoms with Crippen LogP contribution in [0.5, 0.6) is 0 Å². The van der Waals surface area contributed by atoms with Crippen LogP contribution in [-0.2, 0) is 4.79 Å². The fourth-order valence-corrected chi connectivity index (χ4v) is 4.43. The molecule has 0 bridgehead atoms. The summed E-state index contributed by atoms with van der Waals surface area (Å²) >= 11 is 7.04. The number of nitrogens with zero attached hydrogens (tertiary/aromatic N) is 1. The molecule has 6 nitrogen and oxygen atoms in total. The van der Waals surface area contributed by atoms with Crippen molar-refractivity contribution in [1.82, 2.24) is 10.2 Å². The molecule has 2 heterocycles. The Kier molecular flexibility index (Phi) is 7.06. The van der Waals surface area contributed by atoms with E-state index >= 15 is 0 Å². The Morgan fingerprint density at radius 2 is 1.81 bits per heavy atom. The number of piperidine rings is 1. The molecule has 8 heteroatoms. The lowest BCUT2D eigenvalue weighted by molar-refractivity contribution is -0.120. The van der Waals surface area contributed by atoms with Gasteiger partial charge in [-0.1, -0.05) is 18.5 Å². The van der Waals surface area contributed by atoms with Crippen molar-refractivity contribution in [3.8, 4) is 0 Å². The predicted molar refractivity (Wildman–Crippen MR) is 125 cm³/mol. The highest BCUT2D eigenvalue weighted by atomic mass is 35.5. The van der Waals surface area contributed by atoms with Gasteiger partial charge in [-0.15, -0.1) is 11.3 Å². The molecule has 166 valence electrons. The van der Waals surface area contributed by atoms with Gasteiger partial charge in [-0.05, 0) is 75.4 Å². The molecule has 2 aromatic rings. The third kappa shape index (κ3) is 5.66. The monoisotopic (exact) mass is 461 g/mol. The zero-order valence-electron chi connectivity index (χ0n) is 18.3. The predicted octanol–water partition coefficient (Wildman–Crippen LogP) is 4.73. The minimum Gasteiger partial charge on any atom is -0.339 e. The molecule has 0 saturated carbocycles. The van der Waals surface area contributed by atoms with Gasteiger partial charge in [0, 0.05) is 24.3 Å². The lowest BCUT2D eigenvalue weighted by Crippen LogP contribution is -2.52. The van der Waals surface area contributed by atoms with Crippen molar-refractivity contribution >= 4 is 46.3 Å². The van der Waals surface area contributed by atoms with Gasteiger partial charge in [0.2, 0.25) is 5.91 Å². The van der Waals surface area contributed by atoms with Crippen LogP contribution in [0.25, 0.3) is 0 Å². The normalized spacial score (nSPS) is 14.9. The molecule has 2 N–H and O–H groups in total. The number of amides is 3. The van der Waals surface area contributed by atoms with Crippen LogP contribution in [-0.4, -0.2) is 41.2 Å². The Morgan fingerprint density at radius 3 is 2.39 bits per heavy atom. The van der Waals surface area contributed by atoms with E-state index in [0.29, 0.717) is 26.4 Å². The maximum absolute atomic E-state index is 12.9. The fraction of sp³-hybridized carbons (Fsp3) is 0.435. The third-order valence-electron chi connectivity index (χ3n) is 5.58. The summed E-state index contributed by atoms with van der Waals surface area (Å²) in [6, 6.07) is 8.53. The Labute approximate surface area is 192 Å². The molecule has 0 radical (unpaired) electrons. The van der Waals surface area contributed by atoms with Crippen molar-refractivity contribution in [2.75, 3.05) is 18.4 Å². The smallest absolute Gasteiger partial charge is 0.262 e. The summed E-state index contributed by atoms with van der Waals surface area (Å²) in [5, 5.41) is 5.57.